The van der Waals surface area contributed by atoms with Crippen molar-refractivity contribution >= 4 is 67.5 Å². The number of ether oxygens (including phenoxy) is 8. The first-order valence-electron chi connectivity index (χ1n) is 23.4. The summed E-state index contributed by atoms with van der Waals surface area (Å²) in [5, 5.41) is 6.72. The fourth-order valence-electron chi connectivity index (χ4n) is 7.52. The minimum absolute atomic E-state index is 0.00809. The summed E-state index contributed by atoms with van der Waals surface area (Å²) in [5.74, 6) is -3.00. The maximum absolute atomic E-state index is 14.7. The number of hydrogen-bond acceptors (Lipinski definition) is 18. The lowest BCUT2D eigenvalue weighted by Gasteiger charge is -2.17. The van der Waals surface area contributed by atoms with Crippen LogP contribution in [-0.4, -0.2) is 153 Å². The SMILES string of the molecule is COCCOCCOc1ccc2c(c1)c(C(=O)Oc1c(C)cc(C(=O)NCCOCCNC(=O)CCCC(=O)ON3C(=O)CCC3=O)cc1C)c1cc(OCCOCCOC)ccc1[n+]2CCCS(=O)(=O)[O-]. The van der Waals surface area contributed by atoms with Gasteiger partial charge in [0.25, 0.3) is 17.7 Å². The zero-order valence-electron chi connectivity index (χ0n) is 40.9. The number of pyridine rings is 1. The molecule has 0 saturated carbocycles. The summed E-state index contributed by atoms with van der Waals surface area (Å²) in [6.45, 7) is 6.58. The molecule has 0 radical (unpaired) electrons. The zero-order valence-corrected chi connectivity index (χ0v) is 41.7. The Labute approximate surface area is 417 Å². The first-order chi connectivity index (χ1) is 34.6. The first-order valence-corrected chi connectivity index (χ1v) is 25.0. The highest BCUT2D eigenvalue weighted by molar-refractivity contribution is 7.85. The highest BCUT2D eigenvalue weighted by atomic mass is 32.2. The third-order valence-electron chi connectivity index (χ3n) is 10.9. The highest BCUT2D eigenvalue weighted by Gasteiger charge is 2.33. The molecule has 1 aliphatic rings. The van der Waals surface area contributed by atoms with E-state index in [0.29, 0.717) is 81.5 Å². The van der Waals surface area contributed by atoms with Crippen molar-refractivity contribution in [2.45, 2.75) is 58.9 Å². The Balaban J connectivity index is 1.26. The van der Waals surface area contributed by atoms with E-state index in [2.05, 4.69) is 10.6 Å². The molecule has 5 rings (SSSR count). The molecule has 1 aliphatic heterocycles. The van der Waals surface area contributed by atoms with Gasteiger partial charge >= 0.3 is 11.9 Å². The molecule has 2 heterocycles. The minimum Gasteiger partial charge on any atom is -0.748 e. The van der Waals surface area contributed by atoms with E-state index in [-0.39, 0.29) is 115 Å². The molecule has 4 aromatic rings. The second-order valence-electron chi connectivity index (χ2n) is 16.4. The topological polar surface area (TPSA) is 274 Å². The summed E-state index contributed by atoms with van der Waals surface area (Å²) in [4.78, 5) is 80.1. The average molecular weight is 1030 g/mol. The van der Waals surface area contributed by atoms with Gasteiger partial charge in [0.1, 0.15) is 30.5 Å². The molecule has 0 spiro atoms. The molecule has 1 saturated heterocycles. The van der Waals surface area contributed by atoms with Crippen molar-refractivity contribution in [1.29, 1.82) is 0 Å². The van der Waals surface area contributed by atoms with Crippen molar-refractivity contribution in [2.24, 2.45) is 0 Å². The number of amides is 4. The second kappa shape index (κ2) is 28.6. The van der Waals surface area contributed by atoms with Gasteiger partial charge in [-0.3, -0.25) is 19.2 Å². The third-order valence-corrected chi connectivity index (χ3v) is 11.7. The predicted molar refractivity (Wildman–Crippen MR) is 255 cm³/mol. The van der Waals surface area contributed by atoms with Crippen LogP contribution in [0.1, 0.15) is 70.4 Å². The fraction of sp³-hybridized carbons (Fsp3) is 0.490. The van der Waals surface area contributed by atoms with Gasteiger partial charge in [-0.25, -0.2) is 18.0 Å². The molecule has 392 valence electrons. The van der Waals surface area contributed by atoms with E-state index in [4.69, 9.17) is 42.7 Å². The van der Waals surface area contributed by atoms with Gasteiger partial charge in [-0.2, -0.15) is 4.57 Å². The second-order valence-corrected chi connectivity index (χ2v) is 17.9. The van der Waals surface area contributed by atoms with Gasteiger partial charge in [-0.05, 0) is 67.8 Å². The number of hydroxylamine groups is 2. The Morgan fingerprint density at radius 2 is 1.21 bits per heavy atom. The highest BCUT2D eigenvalue weighted by Crippen LogP contribution is 2.33. The van der Waals surface area contributed by atoms with Gasteiger partial charge < -0.3 is 57.9 Å². The number of nitrogens with one attached hydrogen (secondary N) is 2. The van der Waals surface area contributed by atoms with E-state index in [1.54, 1.807) is 76.6 Å². The number of imide groups is 1. The summed E-state index contributed by atoms with van der Waals surface area (Å²) < 4.78 is 81.8. The van der Waals surface area contributed by atoms with Crippen molar-refractivity contribution in [3.8, 4) is 17.2 Å². The Kier molecular flexibility index (Phi) is 22.5. The number of carbonyl (C=O) groups excluding carboxylic acids is 6. The smallest absolute Gasteiger partial charge is 0.345 e. The Morgan fingerprint density at radius 1 is 0.681 bits per heavy atom. The molecule has 0 atom stereocenters. The molecule has 23 heteroatoms. The van der Waals surface area contributed by atoms with Crippen LogP contribution in [0.2, 0.25) is 0 Å². The lowest BCUT2D eigenvalue weighted by atomic mass is 10.0. The molecule has 3 aromatic carbocycles. The van der Waals surface area contributed by atoms with Crippen LogP contribution in [0.4, 0.5) is 0 Å². The predicted octanol–water partition coefficient (Wildman–Crippen LogP) is 2.78. The van der Waals surface area contributed by atoms with Crippen molar-refractivity contribution in [1.82, 2.24) is 15.7 Å². The molecule has 1 fully saturated rings. The van der Waals surface area contributed by atoms with E-state index < -0.39 is 45.5 Å². The van der Waals surface area contributed by atoms with Crippen LogP contribution in [0.3, 0.4) is 0 Å². The number of aryl methyl sites for hydroxylation is 3. The number of aromatic nitrogens is 1. The van der Waals surface area contributed by atoms with E-state index in [9.17, 15) is 41.7 Å². The third kappa shape index (κ3) is 17.5. The van der Waals surface area contributed by atoms with Crippen LogP contribution in [0.5, 0.6) is 17.2 Å². The van der Waals surface area contributed by atoms with Crippen LogP contribution in [0.15, 0.2) is 48.5 Å². The van der Waals surface area contributed by atoms with Gasteiger partial charge in [0.15, 0.2) is 6.54 Å². The molecule has 0 bridgehead atoms. The number of rotatable bonds is 32. The zero-order chi connectivity index (χ0) is 52.0. The summed E-state index contributed by atoms with van der Waals surface area (Å²) >= 11 is 0. The van der Waals surface area contributed by atoms with Gasteiger partial charge in [0, 0.05) is 82.9 Å². The average Bonchev–Trinajstić information content (AvgIpc) is 3.65. The summed E-state index contributed by atoms with van der Waals surface area (Å²) in [7, 11) is -1.38. The van der Waals surface area contributed by atoms with Crippen LogP contribution >= 0.6 is 0 Å². The summed E-state index contributed by atoms with van der Waals surface area (Å²) in [5.41, 5.74) is 2.48. The first kappa shape index (κ1) is 56.6. The molecule has 1 aromatic heterocycles. The molecule has 2 N–H and O–H groups in total. The lowest BCUT2D eigenvalue weighted by Crippen LogP contribution is -2.37. The number of benzene rings is 3. The number of fused-ring (bicyclic) bond motifs is 2. The van der Waals surface area contributed by atoms with Crippen LogP contribution in [0, 0.1) is 13.8 Å². The molecular formula is C49H62N4O18S. The van der Waals surface area contributed by atoms with Crippen molar-refractivity contribution in [2.75, 3.05) is 99.1 Å². The van der Waals surface area contributed by atoms with Gasteiger partial charge in [0.05, 0.1) is 79.3 Å². The van der Waals surface area contributed by atoms with E-state index in [1.807, 2.05) is 4.57 Å². The van der Waals surface area contributed by atoms with Gasteiger partial charge in [-0.15, -0.1) is 5.06 Å². The molecule has 4 amide bonds. The number of carbonyl (C=O) groups is 6. The standard InChI is InChI=1S/C49H62N4O18S/c1-33-29-35(48(58)51-16-19-65-18-15-50-42(54)7-5-8-45(57)71-53-43(55)13-14-44(53)56)30-34(2)47(33)70-49(59)46-38-31-36(68-26-24-66-22-20-63-3)9-11-40(38)52(17-6-28-72(60,61)62)41-12-10-37(32-39(41)46)69-27-25-67-23-21-64-4/h9-12,29-32H,5-8,13-28H2,1-4H3,(H2-,50,51,54,58,60,61,62). The monoisotopic (exact) mass is 1030 g/mol. The summed E-state index contributed by atoms with van der Waals surface area (Å²) in [6, 6.07) is 13.5. The van der Waals surface area contributed by atoms with E-state index >= 15 is 0 Å². The Morgan fingerprint density at radius 3 is 1.75 bits per heavy atom. The van der Waals surface area contributed by atoms with E-state index in [0.717, 1.165) is 0 Å². The summed E-state index contributed by atoms with van der Waals surface area (Å²) in [6.07, 6.45) is -0.0243. The maximum atomic E-state index is 14.7. The molecular weight excluding hydrogens is 965 g/mol. The van der Waals surface area contributed by atoms with Crippen LogP contribution < -0.4 is 29.4 Å². The molecule has 0 aliphatic carbocycles. The number of methoxy groups -OCH3 is 2. The van der Waals surface area contributed by atoms with Crippen LogP contribution in [0.25, 0.3) is 21.8 Å². The maximum Gasteiger partial charge on any atom is 0.345 e. The number of esters is 1. The van der Waals surface area contributed by atoms with Crippen molar-refractivity contribution in [3.63, 3.8) is 0 Å². The number of nitrogens with zero attached hydrogens (tertiary/aromatic N) is 2. The minimum atomic E-state index is -4.53. The van der Waals surface area contributed by atoms with Crippen molar-refractivity contribution in [3.05, 3.63) is 70.8 Å². The Hall–Kier alpha value is -6.34. The number of hydrogen-bond donors (Lipinski definition) is 2. The fourth-order valence-corrected chi connectivity index (χ4v) is 8.00. The van der Waals surface area contributed by atoms with E-state index in [1.165, 1.54) is 0 Å². The van der Waals surface area contributed by atoms with Gasteiger partial charge in [0.2, 0.25) is 16.9 Å². The molecule has 22 nitrogen and oxygen atoms in total. The van der Waals surface area contributed by atoms with Gasteiger partial charge in [-0.1, -0.05) is 0 Å². The molecule has 72 heavy (non-hydrogen) atoms. The molecule has 0 unspecified atom stereocenters. The largest absolute Gasteiger partial charge is 0.748 e. The van der Waals surface area contributed by atoms with Crippen molar-refractivity contribution < 1.29 is 89.0 Å². The van der Waals surface area contributed by atoms with Crippen LogP contribution in [-0.2, 0) is 64.4 Å². The quantitative estimate of drug-likeness (QED) is 0.0135. The Bertz CT molecular complexity index is 2550. The normalized spacial score (nSPS) is 12.7. The lowest BCUT2D eigenvalue weighted by molar-refractivity contribution is -0.645.